The molecule has 0 unspecified atom stereocenters. The lowest BCUT2D eigenvalue weighted by Gasteiger charge is -2.12. The normalized spacial score (nSPS) is 13.0. The summed E-state index contributed by atoms with van der Waals surface area (Å²) in [5, 5.41) is 8.59. The summed E-state index contributed by atoms with van der Waals surface area (Å²) in [7, 11) is 0. The number of allylic oxidation sites excluding steroid dienone is 1. The Morgan fingerprint density at radius 3 is 2.45 bits per heavy atom. The molecule has 1 aromatic heterocycles. The van der Waals surface area contributed by atoms with Crippen LogP contribution in [0.1, 0.15) is 23.2 Å². The largest absolute Gasteiger partial charge is 0.493 e. The van der Waals surface area contributed by atoms with Gasteiger partial charge in [-0.25, -0.2) is 4.68 Å². The molecule has 164 valence electrons. The maximum Gasteiger partial charge on any atom is 0.127 e. The van der Waals surface area contributed by atoms with Crippen molar-refractivity contribution in [3.8, 4) is 16.9 Å². The third-order valence-corrected chi connectivity index (χ3v) is 5.72. The minimum absolute atomic E-state index is 0.632. The lowest BCUT2D eigenvalue weighted by atomic mass is 10.0. The van der Waals surface area contributed by atoms with Crippen molar-refractivity contribution in [2.75, 3.05) is 13.2 Å². The number of benzene rings is 3. The van der Waals surface area contributed by atoms with Crippen LogP contribution in [0.25, 0.3) is 16.7 Å². The number of ether oxygens (including phenoxy) is 1. The first-order valence-corrected chi connectivity index (χ1v) is 11.3. The van der Waals surface area contributed by atoms with E-state index in [1.807, 2.05) is 41.4 Å². The van der Waals surface area contributed by atoms with Gasteiger partial charge < -0.3 is 4.74 Å². The number of para-hydroxylation sites is 1. The van der Waals surface area contributed by atoms with Crippen LogP contribution in [0, 0.1) is 0 Å². The highest BCUT2D eigenvalue weighted by atomic mass is 16.5. The van der Waals surface area contributed by atoms with Gasteiger partial charge in [-0.1, -0.05) is 84.1 Å². The summed E-state index contributed by atoms with van der Waals surface area (Å²) in [6.45, 7) is 2.02. The van der Waals surface area contributed by atoms with Crippen LogP contribution in [0.4, 0.5) is 0 Å². The van der Waals surface area contributed by atoms with Gasteiger partial charge in [-0.2, -0.15) is 0 Å². The molecule has 4 aromatic rings. The molecule has 0 spiro atoms. The molecule has 0 radical (unpaired) electrons. The lowest BCUT2D eigenvalue weighted by Crippen LogP contribution is -2.03. The zero-order chi connectivity index (χ0) is 22.3. The van der Waals surface area contributed by atoms with E-state index >= 15 is 0 Å². The molecule has 5 heteroatoms. The van der Waals surface area contributed by atoms with E-state index in [0.29, 0.717) is 19.7 Å². The molecule has 1 aliphatic heterocycles. The topological polar surface area (TPSA) is 52.3 Å². The Balaban J connectivity index is 1.16. The van der Waals surface area contributed by atoms with E-state index in [1.165, 1.54) is 16.7 Å². The van der Waals surface area contributed by atoms with Crippen molar-refractivity contribution in [3.05, 3.63) is 108 Å². The predicted molar refractivity (Wildman–Crippen MR) is 133 cm³/mol. The second kappa shape index (κ2) is 10.1. The Kier molecular flexibility index (Phi) is 6.38. The van der Waals surface area contributed by atoms with E-state index in [9.17, 15) is 0 Å². The molecule has 1 aliphatic rings. The van der Waals surface area contributed by atoms with Crippen molar-refractivity contribution in [3.63, 3.8) is 0 Å². The van der Waals surface area contributed by atoms with Crippen LogP contribution >= 0.6 is 0 Å². The minimum atomic E-state index is 0.632. The molecule has 3 aromatic carbocycles. The Bertz CT molecular complexity index is 1260. The molecular weight excluding hydrogens is 408 g/mol. The average Bonchev–Trinajstić information content (AvgIpc) is 3.35. The van der Waals surface area contributed by atoms with Gasteiger partial charge in [0.1, 0.15) is 11.4 Å². The molecular formula is C28H26N4O. The van der Waals surface area contributed by atoms with Gasteiger partial charge in [0.15, 0.2) is 0 Å². The zero-order valence-electron chi connectivity index (χ0n) is 18.5. The molecule has 0 saturated heterocycles. The van der Waals surface area contributed by atoms with Crippen molar-refractivity contribution in [2.45, 2.75) is 19.4 Å². The first-order chi connectivity index (χ1) is 16.3. The van der Waals surface area contributed by atoms with Crippen LogP contribution in [-0.4, -0.2) is 34.4 Å². The van der Waals surface area contributed by atoms with Crippen LogP contribution in [0.5, 0.6) is 5.75 Å². The number of dihydropyridines is 1. The van der Waals surface area contributed by atoms with Crippen molar-refractivity contribution < 1.29 is 4.74 Å². The van der Waals surface area contributed by atoms with Crippen molar-refractivity contribution >= 4 is 11.8 Å². The quantitative estimate of drug-likeness (QED) is 0.369. The van der Waals surface area contributed by atoms with Crippen LogP contribution in [0.3, 0.4) is 0 Å². The van der Waals surface area contributed by atoms with Crippen molar-refractivity contribution in [1.29, 1.82) is 0 Å². The van der Waals surface area contributed by atoms with Gasteiger partial charge in [-0.05, 0) is 28.3 Å². The van der Waals surface area contributed by atoms with Crippen LogP contribution < -0.4 is 4.74 Å². The number of aliphatic imine (C=N–C) groups is 1. The molecule has 0 N–H and O–H groups in total. The lowest BCUT2D eigenvalue weighted by molar-refractivity contribution is 0.323. The van der Waals surface area contributed by atoms with Crippen molar-refractivity contribution in [1.82, 2.24) is 15.0 Å². The summed E-state index contributed by atoms with van der Waals surface area (Å²) in [6, 6.07) is 27.2. The van der Waals surface area contributed by atoms with Gasteiger partial charge in [0.2, 0.25) is 0 Å². The summed E-state index contributed by atoms with van der Waals surface area (Å²) in [5.41, 5.74) is 6.80. The van der Waals surface area contributed by atoms with E-state index in [2.05, 4.69) is 76.0 Å². The zero-order valence-corrected chi connectivity index (χ0v) is 18.5. The molecule has 0 fully saturated rings. The van der Waals surface area contributed by atoms with Gasteiger partial charge >= 0.3 is 0 Å². The third kappa shape index (κ3) is 5.26. The summed E-state index contributed by atoms with van der Waals surface area (Å²) in [5.74, 6) is 0.918. The Hall–Kier alpha value is -3.99. The van der Waals surface area contributed by atoms with Gasteiger partial charge in [0, 0.05) is 24.6 Å². The fourth-order valence-corrected chi connectivity index (χ4v) is 3.93. The highest BCUT2D eigenvalue weighted by Gasteiger charge is 2.09. The molecule has 2 heterocycles. The third-order valence-electron chi connectivity index (χ3n) is 5.72. The molecule has 0 saturated carbocycles. The first-order valence-electron chi connectivity index (χ1n) is 11.3. The summed E-state index contributed by atoms with van der Waals surface area (Å²) >= 11 is 0. The molecule has 0 amide bonds. The van der Waals surface area contributed by atoms with Crippen LogP contribution in [0.2, 0.25) is 0 Å². The number of aromatic nitrogens is 3. The highest BCUT2D eigenvalue weighted by molar-refractivity contribution is 5.74. The molecule has 0 bridgehead atoms. The smallest absolute Gasteiger partial charge is 0.127 e. The van der Waals surface area contributed by atoms with E-state index < -0.39 is 0 Å². The van der Waals surface area contributed by atoms with E-state index in [0.717, 1.165) is 35.4 Å². The van der Waals surface area contributed by atoms with Gasteiger partial charge in [-0.3, -0.25) is 4.99 Å². The number of hydrogen-bond acceptors (Lipinski definition) is 4. The molecule has 5 nitrogen and oxygen atoms in total. The number of nitrogens with zero attached hydrogens (tertiary/aromatic N) is 4. The van der Waals surface area contributed by atoms with E-state index in [-0.39, 0.29) is 0 Å². The van der Waals surface area contributed by atoms with Crippen LogP contribution in [-0.2, 0) is 13.0 Å². The fourth-order valence-electron chi connectivity index (χ4n) is 3.93. The Morgan fingerprint density at radius 2 is 1.64 bits per heavy atom. The van der Waals surface area contributed by atoms with Crippen LogP contribution in [0.15, 0.2) is 96.1 Å². The van der Waals surface area contributed by atoms with E-state index in [1.54, 1.807) is 0 Å². The molecule has 0 aliphatic carbocycles. The van der Waals surface area contributed by atoms with Gasteiger partial charge in [-0.15, -0.1) is 5.10 Å². The van der Waals surface area contributed by atoms with E-state index in [4.69, 9.17) is 4.74 Å². The highest BCUT2D eigenvalue weighted by Crippen LogP contribution is 2.29. The second-order valence-corrected chi connectivity index (χ2v) is 8.07. The number of rotatable bonds is 8. The maximum absolute atomic E-state index is 6.14. The predicted octanol–water partition coefficient (Wildman–Crippen LogP) is 5.47. The second-order valence-electron chi connectivity index (χ2n) is 8.07. The molecule has 0 atom stereocenters. The molecule has 33 heavy (non-hydrogen) atoms. The monoisotopic (exact) mass is 434 g/mol. The SMILES string of the molecule is C1=NCC(c2cn(Cc3ccc(CCOc4ccccc4-c4ccccc4)cc3)nn2)=CC1. The standard InChI is InChI=1S/C28H26N4O/c1-2-7-24(8-3-1)26-10-4-5-11-28(26)33-18-16-22-12-14-23(15-13-22)20-32-21-27(30-31-32)25-9-6-17-29-19-25/h1-5,7-15,17,21H,6,16,18-20H2. The fraction of sp³-hybridized carbons (Fsp3) is 0.179. The molecule has 5 rings (SSSR count). The number of hydrogen-bond donors (Lipinski definition) is 0. The Morgan fingerprint density at radius 1 is 0.848 bits per heavy atom. The summed E-state index contributed by atoms with van der Waals surface area (Å²) in [4.78, 5) is 4.32. The maximum atomic E-state index is 6.14. The first kappa shape index (κ1) is 20.9. The van der Waals surface area contributed by atoms with Gasteiger partial charge in [0.05, 0.1) is 25.9 Å². The summed E-state index contributed by atoms with van der Waals surface area (Å²) in [6.07, 6.45) is 7.81. The minimum Gasteiger partial charge on any atom is -0.493 e. The Labute approximate surface area is 194 Å². The average molecular weight is 435 g/mol. The van der Waals surface area contributed by atoms with Gasteiger partial charge in [0.25, 0.3) is 0 Å². The summed E-state index contributed by atoms with van der Waals surface area (Å²) < 4.78 is 8.03. The van der Waals surface area contributed by atoms with Crippen molar-refractivity contribution in [2.24, 2.45) is 4.99 Å².